The molecule has 0 fully saturated rings. The first-order chi connectivity index (χ1) is 15.5. The molecule has 0 radical (unpaired) electrons. The first kappa shape index (κ1) is 20.4. The molecule has 0 saturated heterocycles. The van der Waals surface area contributed by atoms with Gasteiger partial charge in [0.2, 0.25) is 5.95 Å². The molecule has 1 N–H and O–H groups in total. The van der Waals surface area contributed by atoms with E-state index in [9.17, 15) is 4.79 Å². The van der Waals surface area contributed by atoms with Crippen LogP contribution in [0.25, 0.3) is 10.9 Å². The Morgan fingerprint density at radius 3 is 2.72 bits per heavy atom. The van der Waals surface area contributed by atoms with E-state index < -0.39 is 0 Å². The molecule has 2 aromatic carbocycles. The molecule has 0 atom stereocenters. The number of fused-ring (bicyclic) bond motifs is 2. The average molecular weight is 434 g/mol. The van der Waals surface area contributed by atoms with Crippen LogP contribution in [0.1, 0.15) is 22.3 Å². The highest BCUT2D eigenvalue weighted by Crippen LogP contribution is 2.35. The molecule has 0 bridgehead atoms. The summed E-state index contributed by atoms with van der Waals surface area (Å²) in [6.07, 6.45) is 0.866. The van der Waals surface area contributed by atoms with Gasteiger partial charge >= 0.3 is 0 Å². The van der Waals surface area contributed by atoms with Gasteiger partial charge in [0, 0.05) is 43.9 Å². The highest BCUT2D eigenvalue weighted by atomic mass is 16.5. The predicted octanol–water partition coefficient (Wildman–Crippen LogP) is 2.50. The van der Waals surface area contributed by atoms with Crippen molar-refractivity contribution in [2.45, 2.75) is 19.9 Å². The third-order valence-corrected chi connectivity index (χ3v) is 6.43. The number of rotatable bonds is 4. The zero-order valence-corrected chi connectivity index (χ0v) is 18.9. The fourth-order valence-corrected chi connectivity index (χ4v) is 4.81. The number of anilines is 1. The van der Waals surface area contributed by atoms with Gasteiger partial charge in [-0.3, -0.25) is 14.8 Å². The number of aromatic amines is 1. The van der Waals surface area contributed by atoms with Crippen molar-refractivity contribution in [1.82, 2.24) is 14.9 Å². The van der Waals surface area contributed by atoms with E-state index in [1.807, 2.05) is 6.92 Å². The Morgan fingerprint density at radius 2 is 2.00 bits per heavy atom. The molecule has 0 saturated carbocycles. The largest absolute Gasteiger partial charge is 0.493 e. The van der Waals surface area contributed by atoms with Gasteiger partial charge in [0.15, 0.2) is 11.5 Å². The predicted molar refractivity (Wildman–Crippen MR) is 125 cm³/mol. The third kappa shape index (κ3) is 3.18. The van der Waals surface area contributed by atoms with Crippen molar-refractivity contribution < 1.29 is 9.47 Å². The molecule has 1 aromatic heterocycles. The van der Waals surface area contributed by atoms with E-state index in [0.29, 0.717) is 34.9 Å². The minimum absolute atomic E-state index is 0.176. The molecule has 0 amide bonds. The van der Waals surface area contributed by atoms with Crippen LogP contribution >= 0.6 is 0 Å². The standard InChI is InChI=1S/C24H27N5O3/c1-14-20-18(12-19(31-3)21(14)32-4)26-24(27-23(20)30)29-10-8-16-15(13-29)6-5-7-17(16)22-25-9-11-28(22)2/h5-7,12H,8-11,13H2,1-4H3,(H,26,27,30). The maximum atomic E-state index is 13.0. The molecular formula is C24H27N5O3. The lowest BCUT2D eigenvalue weighted by atomic mass is 9.94. The zero-order valence-electron chi connectivity index (χ0n) is 18.9. The number of likely N-dealkylation sites (N-methyl/N-ethyl adjacent to an activating group) is 1. The first-order valence-electron chi connectivity index (χ1n) is 10.8. The molecule has 3 aromatic rings. The molecule has 166 valence electrons. The van der Waals surface area contributed by atoms with Gasteiger partial charge < -0.3 is 19.3 Å². The number of nitrogens with zero attached hydrogens (tertiary/aromatic N) is 4. The monoisotopic (exact) mass is 433 g/mol. The molecule has 2 aliphatic heterocycles. The quantitative estimate of drug-likeness (QED) is 0.681. The number of hydrogen-bond donors (Lipinski definition) is 1. The van der Waals surface area contributed by atoms with Crippen LogP contribution in [0.15, 0.2) is 34.1 Å². The Morgan fingerprint density at radius 1 is 1.16 bits per heavy atom. The second-order valence-corrected chi connectivity index (χ2v) is 8.26. The van der Waals surface area contributed by atoms with E-state index in [0.717, 1.165) is 37.5 Å². The lowest BCUT2D eigenvalue weighted by Crippen LogP contribution is -2.35. The van der Waals surface area contributed by atoms with Gasteiger partial charge in [0.25, 0.3) is 5.56 Å². The summed E-state index contributed by atoms with van der Waals surface area (Å²) in [6, 6.07) is 8.17. The number of aryl methyl sites for hydroxylation is 1. The van der Waals surface area contributed by atoms with Crippen LogP contribution < -0.4 is 19.9 Å². The lowest BCUT2D eigenvalue weighted by Gasteiger charge is -2.31. The highest BCUT2D eigenvalue weighted by Gasteiger charge is 2.25. The molecule has 32 heavy (non-hydrogen) atoms. The summed E-state index contributed by atoms with van der Waals surface area (Å²) in [5, 5.41) is 0.522. The summed E-state index contributed by atoms with van der Waals surface area (Å²) < 4.78 is 10.9. The van der Waals surface area contributed by atoms with E-state index >= 15 is 0 Å². The molecule has 0 aliphatic carbocycles. The Kier molecular flexibility index (Phi) is 5.00. The molecule has 5 rings (SSSR count). The van der Waals surface area contributed by atoms with E-state index in [2.05, 4.69) is 40.0 Å². The molecular weight excluding hydrogens is 406 g/mol. The summed E-state index contributed by atoms with van der Waals surface area (Å²) in [5.74, 6) is 2.76. The Balaban J connectivity index is 1.53. The fourth-order valence-electron chi connectivity index (χ4n) is 4.81. The van der Waals surface area contributed by atoms with Crippen molar-refractivity contribution in [3.63, 3.8) is 0 Å². The van der Waals surface area contributed by atoms with Crippen LogP contribution in [0, 0.1) is 6.92 Å². The van der Waals surface area contributed by atoms with E-state index in [1.165, 1.54) is 16.7 Å². The van der Waals surface area contributed by atoms with Gasteiger partial charge in [-0.15, -0.1) is 0 Å². The summed E-state index contributed by atoms with van der Waals surface area (Å²) in [4.78, 5) is 29.8. The molecule has 0 unspecified atom stereocenters. The zero-order chi connectivity index (χ0) is 22.4. The minimum atomic E-state index is -0.176. The molecule has 0 spiro atoms. The van der Waals surface area contributed by atoms with Crippen molar-refractivity contribution in [3.8, 4) is 11.5 Å². The number of benzene rings is 2. The Hall–Kier alpha value is -3.55. The molecule has 8 heteroatoms. The topological polar surface area (TPSA) is 83.0 Å². The number of hydrogen-bond acceptors (Lipinski definition) is 7. The number of ether oxygens (including phenoxy) is 2. The number of methoxy groups -OCH3 is 2. The summed E-state index contributed by atoms with van der Waals surface area (Å²) in [7, 11) is 5.25. The summed E-state index contributed by atoms with van der Waals surface area (Å²) in [6.45, 7) is 5.10. The van der Waals surface area contributed by atoms with E-state index in [4.69, 9.17) is 19.5 Å². The van der Waals surface area contributed by atoms with E-state index in [-0.39, 0.29) is 5.56 Å². The van der Waals surface area contributed by atoms with Gasteiger partial charge in [-0.05, 0) is 24.5 Å². The van der Waals surface area contributed by atoms with Crippen molar-refractivity contribution >= 4 is 22.7 Å². The Bertz CT molecular complexity index is 1300. The average Bonchev–Trinajstić information content (AvgIpc) is 3.23. The van der Waals surface area contributed by atoms with Crippen LogP contribution in [0.5, 0.6) is 11.5 Å². The number of nitrogens with one attached hydrogen (secondary N) is 1. The molecule has 2 aliphatic rings. The lowest BCUT2D eigenvalue weighted by molar-refractivity contribution is 0.354. The number of aliphatic imine (C=N–C) groups is 1. The third-order valence-electron chi connectivity index (χ3n) is 6.43. The fraction of sp³-hybridized carbons (Fsp3) is 0.375. The van der Waals surface area contributed by atoms with Crippen molar-refractivity contribution in [2.75, 3.05) is 45.8 Å². The molecule has 3 heterocycles. The van der Waals surface area contributed by atoms with Gasteiger partial charge in [-0.2, -0.15) is 0 Å². The van der Waals surface area contributed by atoms with Crippen molar-refractivity contribution in [3.05, 3.63) is 56.9 Å². The Labute approximate surface area is 186 Å². The van der Waals surface area contributed by atoms with Crippen LogP contribution in [-0.2, 0) is 13.0 Å². The number of aromatic nitrogens is 2. The molecule has 8 nitrogen and oxygen atoms in total. The van der Waals surface area contributed by atoms with Crippen molar-refractivity contribution in [1.29, 1.82) is 0 Å². The van der Waals surface area contributed by atoms with Crippen LogP contribution in [0.4, 0.5) is 5.95 Å². The number of H-pyrrole nitrogens is 1. The smallest absolute Gasteiger partial charge is 0.260 e. The van der Waals surface area contributed by atoms with Crippen LogP contribution in [0.2, 0.25) is 0 Å². The SMILES string of the molecule is COc1cc2nc(N3CCc4c(cccc4C4=NCCN4C)C3)[nH]c(=O)c2c(C)c1OC. The van der Waals surface area contributed by atoms with Gasteiger partial charge in [0.05, 0.1) is 31.7 Å². The maximum Gasteiger partial charge on any atom is 0.260 e. The first-order valence-corrected chi connectivity index (χ1v) is 10.8. The van der Waals surface area contributed by atoms with Gasteiger partial charge in [-0.1, -0.05) is 18.2 Å². The van der Waals surface area contributed by atoms with Crippen molar-refractivity contribution in [2.24, 2.45) is 4.99 Å². The van der Waals surface area contributed by atoms with Gasteiger partial charge in [-0.25, -0.2) is 4.98 Å². The second kappa shape index (κ2) is 7.85. The van der Waals surface area contributed by atoms with Gasteiger partial charge in [0.1, 0.15) is 5.84 Å². The summed E-state index contributed by atoms with van der Waals surface area (Å²) in [5.41, 5.74) is 4.93. The van der Waals surface area contributed by atoms with E-state index in [1.54, 1.807) is 20.3 Å². The normalized spacial score (nSPS) is 15.7. The second-order valence-electron chi connectivity index (χ2n) is 8.26. The summed E-state index contributed by atoms with van der Waals surface area (Å²) >= 11 is 0. The van der Waals surface area contributed by atoms with Crippen LogP contribution in [-0.4, -0.2) is 61.6 Å². The maximum absolute atomic E-state index is 13.0. The van der Waals surface area contributed by atoms with Crippen LogP contribution in [0.3, 0.4) is 0 Å². The minimum Gasteiger partial charge on any atom is -0.493 e. The number of amidine groups is 1. The highest BCUT2D eigenvalue weighted by molar-refractivity contribution is 6.01.